The maximum absolute atomic E-state index is 12.2. The number of ether oxygens (including phenoxy) is 1. The average Bonchev–Trinajstić information content (AvgIpc) is 2.88. The van der Waals surface area contributed by atoms with Gasteiger partial charge in [-0.15, -0.1) is 11.3 Å². The van der Waals surface area contributed by atoms with Crippen LogP contribution in [0.1, 0.15) is 35.3 Å². The molecule has 0 bridgehead atoms. The van der Waals surface area contributed by atoms with E-state index in [-0.39, 0.29) is 5.97 Å². The van der Waals surface area contributed by atoms with Crippen LogP contribution < -0.4 is 10.6 Å². The van der Waals surface area contributed by atoms with Crippen LogP contribution in [0.5, 0.6) is 0 Å². The highest BCUT2D eigenvalue weighted by Gasteiger charge is 2.21. The maximum Gasteiger partial charge on any atom is 0.341 e. The first kappa shape index (κ1) is 18.4. The molecule has 0 spiro atoms. The number of thiophene rings is 1. The summed E-state index contributed by atoms with van der Waals surface area (Å²) in [7, 11) is 1.40. The third kappa shape index (κ3) is 4.79. The highest BCUT2D eigenvalue weighted by molar-refractivity contribution is 7.80. The Bertz CT molecular complexity index is 738. The fraction of sp³-hybridized carbons (Fsp3) is 0.333. The zero-order valence-electron chi connectivity index (χ0n) is 14.3. The number of carbonyl (C=O) groups excluding carboxylic acids is 1. The molecule has 1 aromatic heterocycles. The molecule has 1 aromatic carbocycles. The van der Waals surface area contributed by atoms with E-state index < -0.39 is 0 Å². The van der Waals surface area contributed by atoms with E-state index in [4.69, 9.17) is 17.0 Å². The van der Waals surface area contributed by atoms with Crippen LogP contribution in [0.2, 0.25) is 0 Å². The van der Waals surface area contributed by atoms with Crippen LogP contribution in [0, 0.1) is 12.8 Å². The zero-order chi connectivity index (χ0) is 17.7. The molecular formula is C18H22N2O2S2. The van der Waals surface area contributed by atoms with Crippen molar-refractivity contribution in [3.63, 3.8) is 0 Å². The van der Waals surface area contributed by atoms with Crippen LogP contribution in [0.15, 0.2) is 29.6 Å². The normalized spacial score (nSPS) is 10.5. The monoisotopic (exact) mass is 362 g/mol. The SMILES string of the molecule is COC(=O)c1c(CC(C)C)csc1NC(=S)Nc1cccc(C)c1. The summed E-state index contributed by atoms with van der Waals surface area (Å²) in [6.07, 6.45) is 0.820. The van der Waals surface area contributed by atoms with Gasteiger partial charge in [0, 0.05) is 5.69 Å². The Morgan fingerprint density at radius 3 is 2.71 bits per heavy atom. The molecule has 0 unspecified atom stereocenters. The molecule has 4 nitrogen and oxygen atoms in total. The minimum absolute atomic E-state index is 0.340. The fourth-order valence-electron chi connectivity index (χ4n) is 2.39. The van der Waals surface area contributed by atoms with Crippen molar-refractivity contribution in [2.75, 3.05) is 17.7 Å². The predicted molar refractivity (Wildman–Crippen MR) is 105 cm³/mol. The minimum Gasteiger partial charge on any atom is -0.465 e. The Morgan fingerprint density at radius 1 is 1.33 bits per heavy atom. The Morgan fingerprint density at radius 2 is 2.08 bits per heavy atom. The number of benzene rings is 1. The zero-order valence-corrected chi connectivity index (χ0v) is 15.9. The topological polar surface area (TPSA) is 50.4 Å². The van der Waals surface area contributed by atoms with Crippen LogP contribution >= 0.6 is 23.6 Å². The molecule has 128 valence electrons. The number of hydrogen-bond acceptors (Lipinski definition) is 4. The number of hydrogen-bond donors (Lipinski definition) is 2. The molecule has 6 heteroatoms. The first-order chi connectivity index (χ1) is 11.4. The Hall–Kier alpha value is -1.92. The Kier molecular flexibility index (Phi) is 6.34. The van der Waals surface area contributed by atoms with Gasteiger partial charge in [-0.05, 0) is 60.1 Å². The highest BCUT2D eigenvalue weighted by atomic mass is 32.1. The van der Waals surface area contributed by atoms with E-state index in [0.29, 0.717) is 21.6 Å². The summed E-state index contributed by atoms with van der Waals surface area (Å²) in [6, 6.07) is 7.94. The molecule has 0 aliphatic rings. The Labute approximate surface area is 152 Å². The molecule has 0 saturated heterocycles. The number of aryl methyl sites for hydroxylation is 1. The van der Waals surface area contributed by atoms with E-state index in [9.17, 15) is 4.79 Å². The lowest BCUT2D eigenvalue weighted by atomic mass is 10.0. The lowest BCUT2D eigenvalue weighted by molar-refractivity contribution is 0.0601. The molecule has 0 fully saturated rings. The van der Waals surface area contributed by atoms with Gasteiger partial charge in [-0.3, -0.25) is 0 Å². The molecule has 0 amide bonds. The van der Waals surface area contributed by atoms with E-state index in [2.05, 4.69) is 24.5 Å². The van der Waals surface area contributed by atoms with Crippen molar-refractivity contribution in [2.24, 2.45) is 5.92 Å². The molecule has 24 heavy (non-hydrogen) atoms. The average molecular weight is 363 g/mol. The van der Waals surface area contributed by atoms with E-state index in [0.717, 1.165) is 23.2 Å². The van der Waals surface area contributed by atoms with Gasteiger partial charge in [0.25, 0.3) is 0 Å². The maximum atomic E-state index is 12.2. The van der Waals surface area contributed by atoms with Crippen molar-refractivity contribution in [1.82, 2.24) is 0 Å². The van der Waals surface area contributed by atoms with Crippen molar-refractivity contribution in [2.45, 2.75) is 27.2 Å². The lowest BCUT2D eigenvalue weighted by Crippen LogP contribution is -2.20. The molecule has 0 aliphatic heterocycles. The van der Waals surface area contributed by atoms with Gasteiger partial charge in [0.1, 0.15) is 5.00 Å². The summed E-state index contributed by atoms with van der Waals surface area (Å²) in [6.45, 7) is 6.26. The summed E-state index contributed by atoms with van der Waals surface area (Å²) in [5, 5.41) is 9.41. The van der Waals surface area contributed by atoms with Gasteiger partial charge in [-0.25, -0.2) is 4.79 Å². The first-order valence-corrected chi connectivity index (χ1v) is 9.02. The molecule has 2 rings (SSSR count). The summed E-state index contributed by atoms with van der Waals surface area (Å²) in [4.78, 5) is 12.2. The van der Waals surface area contributed by atoms with E-state index in [1.165, 1.54) is 18.4 Å². The first-order valence-electron chi connectivity index (χ1n) is 7.74. The van der Waals surface area contributed by atoms with E-state index in [1.54, 1.807) is 0 Å². The number of methoxy groups -OCH3 is 1. The van der Waals surface area contributed by atoms with Crippen molar-refractivity contribution in [1.29, 1.82) is 0 Å². The smallest absolute Gasteiger partial charge is 0.341 e. The summed E-state index contributed by atoms with van der Waals surface area (Å²) >= 11 is 6.84. The fourth-order valence-corrected chi connectivity index (χ4v) is 3.64. The molecule has 2 N–H and O–H groups in total. The number of rotatable bonds is 5. The third-order valence-corrected chi connectivity index (χ3v) is 4.54. The molecule has 0 radical (unpaired) electrons. The molecular weight excluding hydrogens is 340 g/mol. The van der Waals surface area contributed by atoms with Crippen molar-refractivity contribution in [3.05, 3.63) is 46.3 Å². The van der Waals surface area contributed by atoms with Gasteiger partial charge in [0.2, 0.25) is 0 Å². The molecule has 0 aliphatic carbocycles. The highest BCUT2D eigenvalue weighted by Crippen LogP contribution is 2.31. The Balaban J connectivity index is 2.17. The molecule has 0 atom stereocenters. The van der Waals surface area contributed by atoms with Gasteiger partial charge in [0.05, 0.1) is 12.7 Å². The summed E-state index contributed by atoms with van der Waals surface area (Å²) in [5.41, 5.74) is 3.62. The molecule has 1 heterocycles. The second-order valence-corrected chi connectivity index (χ2v) is 7.29. The number of nitrogens with one attached hydrogen (secondary N) is 2. The largest absolute Gasteiger partial charge is 0.465 e. The van der Waals surface area contributed by atoms with Crippen molar-refractivity contribution >= 4 is 45.3 Å². The van der Waals surface area contributed by atoms with Gasteiger partial charge in [-0.2, -0.15) is 0 Å². The van der Waals surface area contributed by atoms with Crippen LogP contribution in [0.25, 0.3) is 0 Å². The van der Waals surface area contributed by atoms with E-state index >= 15 is 0 Å². The van der Waals surface area contributed by atoms with Crippen LogP contribution in [0.4, 0.5) is 10.7 Å². The summed E-state index contributed by atoms with van der Waals surface area (Å²) < 4.78 is 4.94. The number of carbonyl (C=O) groups is 1. The van der Waals surface area contributed by atoms with E-state index in [1.807, 2.05) is 36.6 Å². The molecule has 2 aromatic rings. The van der Waals surface area contributed by atoms with Gasteiger partial charge in [-0.1, -0.05) is 26.0 Å². The number of esters is 1. The lowest BCUT2D eigenvalue weighted by Gasteiger charge is -2.12. The van der Waals surface area contributed by atoms with Crippen LogP contribution in [-0.2, 0) is 11.2 Å². The predicted octanol–water partition coefficient (Wildman–Crippen LogP) is 4.85. The quantitative estimate of drug-likeness (QED) is 0.588. The minimum atomic E-state index is -0.340. The van der Waals surface area contributed by atoms with Gasteiger partial charge in [0.15, 0.2) is 5.11 Å². The van der Waals surface area contributed by atoms with Crippen LogP contribution in [0.3, 0.4) is 0 Å². The number of anilines is 2. The second-order valence-electron chi connectivity index (χ2n) is 6.00. The molecule has 0 saturated carbocycles. The van der Waals surface area contributed by atoms with Crippen LogP contribution in [-0.4, -0.2) is 18.2 Å². The van der Waals surface area contributed by atoms with Crippen molar-refractivity contribution in [3.8, 4) is 0 Å². The second kappa shape index (κ2) is 8.26. The summed E-state index contributed by atoms with van der Waals surface area (Å²) in [5.74, 6) is 0.112. The van der Waals surface area contributed by atoms with Gasteiger partial charge >= 0.3 is 5.97 Å². The van der Waals surface area contributed by atoms with Crippen molar-refractivity contribution < 1.29 is 9.53 Å². The third-order valence-electron chi connectivity index (χ3n) is 3.39. The van der Waals surface area contributed by atoms with Gasteiger partial charge < -0.3 is 15.4 Å². The number of thiocarbonyl (C=S) groups is 1. The standard InChI is InChI=1S/C18H22N2O2S2/c1-11(2)8-13-10-24-16(15(13)17(21)22-4)20-18(23)19-14-7-5-6-12(3)9-14/h5-7,9-11H,8H2,1-4H3,(H2,19,20,23).